The first kappa shape index (κ1) is 12.0. The predicted molar refractivity (Wildman–Crippen MR) is 70.2 cm³/mol. The van der Waals surface area contributed by atoms with Crippen LogP contribution in [-0.4, -0.2) is 15.9 Å². The lowest BCUT2D eigenvalue weighted by molar-refractivity contribution is 0.102. The van der Waals surface area contributed by atoms with E-state index in [1.54, 1.807) is 36.5 Å². The summed E-state index contributed by atoms with van der Waals surface area (Å²) in [6.45, 7) is 1.96. The summed E-state index contributed by atoms with van der Waals surface area (Å²) in [5, 5.41) is 2.70. The summed E-state index contributed by atoms with van der Waals surface area (Å²) in [5.74, 6) is 0.619. The maximum absolute atomic E-state index is 12.0. The number of nitrogen functional groups attached to an aromatic ring is 1. The first-order valence-corrected chi connectivity index (χ1v) is 5.68. The van der Waals surface area contributed by atoms with Crippen molar-refractivity contribution >= 4 is 17.5 Å². The number of nitrogens with one attached hydrogen (secondary N) is 1. The van der Waals surface area contributed by atoms with Crippen molar-refractivity contribution in [3.05, 3.63) is 47.8 Å². The summed E-state index contributed by atoms with van der Waals surface area (Å²) in [5.41, 5.74) is 6.94. The Morgan fingerprint density at radius 1 is 1.39 bits per heavy atom. The smallest absolute Gasteiger partial charge is 0.257 e. The monoisotopic (exact) mass is 242 g/mol. The van der Waals surface area contributed by atoms with Crippen LogP contribution in [0.25, 0.3) is 0 Å². The number of rotatable bonds is 3. The van der Waals surface area contributed by atoms with Crippen molar-refractivity contribution in [1.82, 2.24) is 9.97 Å². The largest absolute Gasteiger partial charge is 0.384 e. The van der Waals surface area contributed by atoms with Gasteiger partial charge in [0, 0.05) is 17.5 Å². The first-order chi connectivity index (χ1) is 8.69. The van der Waals surface area contributed by atoms with Gasteiger partial charge in [-0.1, -0.05) is 13.0 Å². The molecule has 0 radical (unpaired) electrons. The highest BCUT2D eigenvalue weighted by atomic mass is 16.1. The molecule has 0 aliphatic heterocycles. The minimum Gasteiger partial charge on any atom is -0.384 e. The van der Waals surface area contributed by atoms with Gasteiger partial charge >= 0.3 is 0 Å². The maximum Gasteiger partial charge on any atom is 0.257 e. The SMILES string of the molecule is CCc1cc(C(=O)Nc2ccccn2)cc(N)n1. The van der Waals surface area contributed by atoms with Gasteiger partial charge in [-0.05, 0) is 30.7 Å². The minimum absolute atomic E-state index is 0.238. The first-order valence-electron chi connectivity index (χ1n) is 5.68. The number of nitrogens with two attached hydrogens (primary N) is 1. The Labute approximate surface area is 105 Å². The van der Waals surface area contributed by atoms with Crippen LogP contribution in [0, 0.1) is 0 Å². The number of carbonyl (C=O) groups excluding carboxylic acids is 1. The molecule has 5 heteroatoms. The highest BCUT2D eigenvalue weighted by Gasteiger charge is 2.09. The summed E-state index contributed by atoms with van der Waals surface area (Å²) in [6, 6.07) is 8.60. The molecule has 0 aliphatic rings. The highest BCUT2D eigenvalue weighted by molar-refractivity contribution is 6.04. The molecule has 2 heterocycles. The number of aromatic nitrogens is 2. The zero-order valence-electron chi connectivity index (χ0n) is 10.1. The van der Waals surface area contributed by atoms with Gasteiger partial charge < -0.3 is 11.1 Å². The number of aryl methyl sites for hydroxylation is 1. The Morgan fingerprint density at radius 3 is 2.89 bits per heavy atom. The third-order valence-electron chi connectivity index (χ3n) is 2.43. The summed E-state index contributed by atoms with van der Waals surface area (Å²) in [6.07, 6.45) is 2.35. The number of anilines is 2. The molecular weight excluding hydrogens is 228 g/mol. The lowest BCUT2D eigenvalue weighted by atomic mass is 10.2. The molecule has 0 fully saturated rings. The van der Waals surface area contributed by atoms with Gasteiger partial charge in [-0.25, -0.2) is 9.97 Å². The van der Waals surface area contributed by atoms with E-state index in [1.165, 1.54) is 0 Å². The molecule has 0 aromatic carbocycles. The number of amides is 1. The number of nitrogens with zero attached hydrogens (tertiary/aromatic N) is 2. The Morgan fingerprint density at radius 2 is 2.22 bits per heavy atom. The summed E-state index contributed by atoms with van der Waals surface area (Å²) in [4.78, 5) is 20.2. The van der Waals surface area contributed by atoms with Crippen molar-refractivity contribution in [1.29, 1.82) is 0 Å². The van der Waals surface area contributed by atoms with Crippen LogP contribution in [0.3, 0.4) is 0 Å². The van der Waals surface area contributed by atoms with Gasteiger partial charge in [-0.2, -0.15) is 0 Å². The molecule has 2 aromatic heterocycles. The normalized spacial score (nSPS) is 10.1. The number of carbonyl (C=O) groups is 1. The van der Waals surface area contributed by atoms with Gasteiger partial charge in [0.05, 0.1) is 0 Å². The van der Waals surface area contributed by atoms with E-state index in [2.05, 4.69) is 15.3 Å². The highest BCUT2D eigenvalue weighted by Crippen LogP contribution is 2.10. The molecule has 2 aromatic rings. The van der Waals surface area contributed by atoms with E-state index >= 15 is 0 Å². The van der Waals surface area contributed by atoms with Crippen molar-refractivity contribution in [2.45, 2.75) is 13.3 Å². The number of pyridine rings is 2. The molecule has 5 nitrogen and oxygen atoms in total. The summed E-state index contributed by atoms with van der Waals surface area (Å²) < 4.78 is 0. The lowest BCUT2D eigenvalue weighted by Gasteiger charge is -2.06. The second-order valence-corrected chi connectivity index (χ2v) is 3.79. The Balaban J connectivity index is 2.21. The zero-order chi connectivity index (χ0) is 13.0. The van der Waals surface area contributed by atoms with Crippen LogP contribution < -0.4 is 11.1 Å². The van der Waals surface area contributed by atoms with Gasteiger partial charge in [0.1, 0.15) is 11.6 Å². The van der Waals surface area contributed by atoms with Crippen LogP contribution in [0.15, 0.2) is 36.5 Å². The van der Waals surface area contributed by atoms with E-state index in [0.717, 1.165) is 12.1 Å². The molecule has 0 saturated carbocycles. The molecular formula is C13H14N4O. The molecule has 0 bridgehead atoms. The molecule has 0 aliphatic carbocycles. The van der Waals surface area contributed by atoms with Crippen molar-refractivity contribution in [3.8, 4) is 0 Å². The van der Waals surface area contributed by atoms with Crippen molar-refractivity contribution in [3.63, 3.8) is 0 Å². The average Bonchev–Trinajstić information content (AvgIpc) is 2.39. The van der Waals surface area contributed by atoms with E-state index in [1.807, 2.05) is 6.92 Å². The second-order valence-electron chi connectivity index (χ2n) is 3.79. The van der Waals surface area contributed by atoms with Crippen molar-refractivity contribution in [2.75, 3.05) is 11.1 Å². The van der Waals surface area contributed by atoms with Crippen LogP contribution in [0.5, 0.6) is 0 Å². The minimum atomic E-state index is -0.238. The van der Waals surface area contributed by atoms with Crippen molar-refractivity contribution < 1.29 is 4.79 Å². The molecule has 0 unspecified atom stereocenters. The van der Waals surface area contributed by atoms with E-state index < -0.39 is 0 Å². The Hall–Kier alpha value is -2.43. The topological polar surface area (TPSA) is 80.9 Å². The van der Waals surface area contributed by atoms with Gasteiger partial charge in [0.2, 0.25) is 0 Å². The Bertz CT molecular complexity index is 554. The van der Waals surface area contributed by atoms with E-state index in [9.17, 15) is 4.79 Å². The third-order valence-corrected chi connectivity index (χ3v) is 2.43. The molecule has 0 atom stereocenters. The fourth-order valence-corrected chi connectivity index (χ4v) is 1.55. The Kier molecular flexibility index (Phi) is 3.52. The summed E-state index contributed by atoms with van der Waals surface area (Å²) >= 11 is 0. The molecule has 18 heavy (non-hydrogen) atoms. The molecule has 2 rings (SSSR count). The van der Waals surface area contributed by atoms with Crippen molar-refractivity contribution in [2.24, 2.45) is 0 Å². The maximum atomic E-state index is 12.0. The quantitative estimate of drug-likeness (QED) is 0.861. The lowest BCUT2D eigenvalue weighted by Crippen LogP contribution is -2.14. The van der Waals surface area contributed by atoms with Gasteiger partial charge in [-0.15, -0.1) is 0 Å². The van der Waals surface area contributed by atoms with Gasteiger partial charge in [0.15, 0.2) is 0 Å². The van der Waals surface area contributed by atoms with Gasteiger partial charge in [-0.3, -0.25) is 4.79 Å². The van der Waals surface area contributed by atoms with Crippen LogP contribution in [0.4, 0.5) is 11.6 Å². The zero-order valence-corrected chi connectivity index (χ0v) is 10.1. The molecule has 1 amide bonds. The molecule has 0 saturated heterocycles. The fourth-order valence-electron chi connectivity index (χ4n) is 1.55. The second kappa shape index (κ2) is 5.27. The summed E-state index contributed by atoms with van der Waals surface area (Å²) in [7, 11) is 0. The predicted octanol–water partition coefficient (Wildman–Crippen LogP) is 1.87. The van der Waals surface area contributed by atoms with E-state index in [4.69, 9.17) is 5.73 Å². The van der Waals surface area contributed by atoms with Crippen LogP contribution in [-0.2, 0) is 6.42 Å². The number of hydrogen-bond acceptors (Lipinski definition) is 4. The third kappa shape index (κ3) is 2.82. The van der Waals surface area contributed by atoms with Gasteiger partial charge in [0.25, 0.3) is 5.91 Å². The molecule has 92 valence electrons. The van der Waals surface area contributed by atoms with Crippen LogP contribution in [0.1, 0.15) is 23.0 Å². The average molecular weight is 242 g/mol. The molecule has 3 N–H and O–H groups in total. The van der Waals surface area contributed by atoms with Crippen LogP contribution in [0.2, 0.25) is 0 Å². The van der Waals surface area contributed by atoms with Crippen LogP contribution >= 0.6 is 0 Å². The number of hydrogen-bond donors (Lipinski definition) is 2. The van der Waals surface area contributed by atoms with E-state index in [-0.39, 0.29) is 5.91 Å². The fraction of sp³-hybridized carbons (Fsp3) is 0.154. The molecule has 0 spiro atoms. The standard InChI is InChI=1S/C13H14N4O/c1-2-10-7-9(8-11(14)16-10)13(18)17-12-5-3-4-6-15-12/h3-8H,2H2,1H3,(H2,14,16)(H,15,17,18). The van der Waals surface area contributed by atoms with E-state index in [0.29, 0.717) is 17.2 Å².